The highest BCUT2D eigenvalue weighted by Gasteiger charge is 2.20. The molecule has 0 rings (SSSR count). The van der Waals surface area contributed by atoms with Gasteiger partial charge in [0, 0.05) is 12.8 Å². The van der Waals surface area contributed by atoms with Gasteiger partial charge in [-0.25, -0.2) is 0 Å². The number of carbonyl (C=O) groups excluding carboxylic acids is 2. The Hall–Kier alpha value is -2.18. The minimum Gasteiger partial charge on any atom is -0.466 e. The molecule has 0 aromatic carbocycles. The molecule has 0 aromatic heterocycles. The molecule has 0 saturated heterocycles. The normalized spacial score (nSPS) is 12.8. The van der Waals surface area contributed by atoms with Crippen LogP contribution in [0.3, 0.4) is 0 Å². The van der Waals surface area contributed by atoms with E-state index < -0.39 is 12.1 Å². The monoisotopic (exact) mass is 1140 g/mol. The Bertz CT molecular complexity index is 1360. The standard InChI is InChI=1S/C75H141NO5/c1-3-5-7-9-11-13-15-17-19-20-21-33-36-40-43-47-51-55-59-63-67-73(78)72(71-77)76-74(79)68-64-60-56-52-48-44-41-37-34-31-29-27-25-23-22-24-26-28-30-32-35-38-42-46-50-54-58-62-66-70-81-75(80)69-65-61-57-53-49-45-39-18-16-14-12-10-8-6-4-2/h12,14,18,22,24,28,30,39,72-73,77-78H,3-11,13,15-17,19-21,23,25-27,29,31-38,40-71H2,1-2H3,(H,76,79)/b14-12-,24-22-,30-28-,39-18-. The fourth-order valence-corrected chi connectivity index (χ4v) is 11.3. The van der Waals surface area contributed by atoms with Gasteiger partial charge >= 0.3 is 5.97 Å². The lowest BCUT2D eigenvalue weighted by atomic mass is 10.0. The minimum atomic E-state index is -0.667. The third kappa shape index (κ3) is 66.8. The van der Waals surface area contributed by atoms with E-state index in [1.807, 2.05) is 0 Å². The first-order chi connectivity index (χ1) is 40.0. The van der Waals surface area contributed by atoms with Crippen LogP contribution >= 0.6 is 0 Å². The fraction of sp³-hybridized carbons (Fsp3) is 0.867. The predicted molar refractivity (Wildman–Crippen MR) is 356 cm³/mol. The van der Waals surface area contributed by atoms with Gasteiger partial charge in [-0.05, 0) is 89.9 Å². The molecule has 0 aromatic rings. The number of carbonyl (C=O) groups is 2. The van der Waals surface area contributed by atoms with E-state index in [1.165, 1.54) is 302 Å². The van der Waals surface area contributed by atoms with Crippen molar-refractivity contribution in [1.29, 1.82) is 0 Å². The molecule has 3 N–H and O–H groups in total. The van der Waals surface area contributed by atoms with Crippen molar-refractivity contribution in [3.63, 3.8) is 0 Å². The Morgan fingerprint density at radius 1 is 0.346 bits per heavy atom. The van der Waals surface area contributed by atoms with Crippen molar-refractivity contribution in [2.45, 2.75) is 405 Å². The van der Waals surface area contributed by atoms with Crippen LogP contribution in [0, 0.1) is 0 Å². The van der Waals surface area contributed by atoms with Crippen LogP contribution < -0.4 is 5.32 Å². The first-order valence-corrected chi connectivity index (χ1v) is 36.4. The average molecular weight is 1140 g/mol. The molecule has 0 aliphatic rings. The SMILES string of the molecule is CCCCC/C=C\C/C=C\CCCCCCCC(=O)OCCCCCCCCCCC/C=C\C/C=C\CCCCCCCCCCCCCCCC(=O)NC(CO)C(O)CCCCCCCCCCCCCCCCCCCCCC. The molecule has 2 unspecified atom stereocenters. The van der Waals surface area contributed by atoms with Crippen LogP contribution in [0.4, 0.5) is 0 Å². The molecular weight excluding hydrogens is 995 g/mol. The largest absolute Gasteiger partial charge is 0.466 e. The smallest absolute Gasteiger partial charge is 0.305 e. The van der Waals surface area contributed by atoms with Crippen molar-refractivity contribution in [1.82, 2.24) is 5.32 Å². The number of amides is 1. The topological polar surface area (TPSA) is 95.9 Å². The van der Waals surface area contributed by atoms with Gasteiger partial charge in [0.15, 0.2) is 0 Å². The number of allylic oxidation sites excluding steroid dienone is 8. The fourth-order valence-electron chi connectivity index (χ4n) is 11.3. The van der Waals surface area contributed by atoms with Gasteiger partial charge in [-0.15, -0.1) is 0 Å². The maximum Gasteiger partial charge on any atom is 0.305 e. The molecule has 0 bridgehead atoms. The molecule has 6 heteroatoms. The number of hydrogen-bond donors (Lipinski definition) is 3. The molecule has 2 atom stereocenters. The van der Waals surface area contributed by atoms with Gasteiger partial charge in [-0.2, -0.15) is 0 Å². The molecule has 6 nitrogen and oxygen atoms in total. The van der Waals surface area contributed by atoms with Crippen LogP contribution in [-0.2, 0) is 14.3 Å². The van der Waals surface area contributed by atoms with Gasteiger partial charge in [0.2, 0.25) is 5.91 Å². The van der Waals surface area contributed by atoms with E-state index in [9.17, 15) is 19.8 Å². The minimum absolute atomic E-state index is 0.00178. The zero-order valence-corrected chi connectivity index (χ0v) is 54.5. The van der Waals surface area contributed by atoms with E-state index in [0.29, 0.717) is 25.9 Å². The van der Waals surface area contributed by atoms with E-state index in [4.69, 9.17) is 4.74 Å². The van der Waals surface area contributed by atoms with Crippen molar-refractivity contribution >= 4 is 11.9 Å². The number of ether oxygens (including phenoxy) is 1. The molecule has 0 saturated carbocycles. The predicted octanol–water partition coefficient (Wildman–Crippen LogP) is 23.6. The third-order valence-electron chi connectivity index (χ3n) is 16.9. The molecule has 0 heterocycles. The molecule has 0 radical (unpaired) electrons. The summed E-state index contributed by atoms with van der Waals surface area (Å²) in [6.45, 7) is 4.95. The molecule has 476 valence electrons. The number of esters is 1. The highest BCUT2D eigenvalue weighted by atomic mass is 16.5. The second kappa shape index (κ2) is 70.3. The average Bonchev–Trinajstić information content (AvgIpc) is 3.47. The van der Waals surface area contributed by atoms with Crippen molar-refractivity contribution in [2.75, 3.05) is 13.2 Å². The van der Waals surface area contributed by atoms with Crippen LogP contribution in [0.25, 0.3) is 0 Å². The van der Waals surface area contributed by atoms with Gasteiger partial charge in [-0.3, -0.25) is 9.59 Å². The number of nitrogens with one attached hydrogen (secondary N) is 1. The summed E-state index contributed by atoms with van der Waals surface area (Å²) < 4.78 is 5.48. The van der Waals surface area contributed by atoms with Crippen LogP contribution in [0.1, 0.15) is 393 Å². The summed E-state index contributed by atoms with van der Waals surface area (Å²) in [5, 5.41) is 23.4. The van der Waals surface area contributed by atoms with E-state index in [0.717, 1.165) is 57.8 Å². The van der Waals surface area contributed by atoms with Crippen LogP contribution in [0.2, 0.25) is 0 Å². The number of rotatable bonds is 68. The maximum absolute atomic E-state index is 12.5. The summed E-state index contributed by atoms with van der Waals surface area (Å²) in [4.78, 5) is 24.6. The van der Waals surface area contributed by atoms with Gasteiger partial charge in [0.05, 0.1) is 25.4 Å². The van der Waals surface area contributed by atoms with E-state index in [2.05, 4.69) is 67.8 Å². The number of aliphatic hydroxyl groups is 2. The quantitative estimate of drug-likeness (QED) is 0.0320. The molecule has 0 fully saturated rings. The summed E-state index contributed by atoms with van der Waals surface area (Å²) in [6.07, 6.45) is 91.6. The lowest BCUT2D eigenvalue weighted by molar-refractivity contribution is -0.143. The summed E-state index contributed by atoms with van der Waals surface area (Å²) >= 11 is 0. The first kappa shape index (κ1) is 78.8. The summed E-state index contributed by atoms with van der Waals surface area (Å²) in [7, 11) is 0. The number of hydrogen-bond acceptors (Lipinski definition) is 5. The van der Waals surface area contributed by atoms with Gasteiger partial charge in [-0.1, -0.05) is 339 Å². The maximum atomic E-state index is 12.5. The number of aliphatic hydroxyl groups excluding tert-OH is 2. The van der Waals surface area contributed by atoms with Crippen molar-refractivity contribution < 1.29 is 24.5 Å². The Morgan fingerprint density at radius 2 is 0.617 bits per heavy atom. The van der Waals surface area contributed by atoms with Crippen molar-refractivity contribution in [3.8, 4) is 0 Å². The van der Waals surface area contributed by atoms with Crippen molar-refractivity contribution in [3.05, 3.63) is 48.6 Å². The summed E-state index contributed by atoms with van der Waals surface area (Å²) in [5.74, 6) is -0.0343. The highest BCUT2D eigenvalue weighted by molar-refractivity contribution is 5.76. The Balaban J connectivity index is 3.41. The van der Waals surface area contributed by atoms with Gasteiger partial charge < -0.3 is 20.3 Å². The Morgan fingerprint density at radius 3 is 0.963 bits per heavy atom. The van der Waals surface area contributed by atoms with Crippen LogP contribution in [0.5, 0.6) is 0 Å². The molecular formula is C75H141NO5. The molecule has 0 aliphatic carbocycles. The molecule has 81 heavy (non-hydrogen) atoms. The van der Waals surface area contributed by atoms with E-state index >= 15 is 0 Å². The lowest BCUT2D eigenvalue weighted by Gasteiger charge is -2.22. The van der Waals surface area contributed by atoms with Gasteiger partial charge in [0.25, 0.3) is 0 Å². The Labute approximate surface area is 506 Å². The summed E-state index contributed by atoms with van der Waals surface area (Å²) in [5.41, 5.74) is 0. The first-order valence-electron chi connectivity index (χ1n) is 36.4. The molecule has 1 amide bonds. The molecule has 0 aliphatic heterocycles. The zero-order valence-electron chi connectivity index (χ0n) is 54.5. The second-order valence-electron chi connectivity index (χ2n) is 24.9. The van der Waals surface area contributed by atoms with E-state index in [1.54, 1.807) is 0 Å². The van der Waals surface area contributed by atoms with E-state index in [-0.39, 0.29) is 18.5 Å². The zero-order chi connectivity index (χ0) is 58.5. The van der Waals surface area contributed by atoms with Crippen molar-refractivity contribution in [2.24, 2.45) is 0 Å². The molecule has 0 spiro atoms. The number of unbranched alkanes of at least 4 members (excludes halogenated alkanes) is 49. The van der Waals surface area contributed by atoms with Gasteiger partial charge in [0.1, 0.15) is 0 Å². The highest BCUT2D eigenvalue weighted by Crippen LogP contribution is 2.19. The lowest BCUT2D eigenvalue weighted by Crippen LogP contribution is -2.45. The van der Waals surface area contributed by atoms with Crippen LogP contribution in [-0.4, -0.2) is 47.4 Å². The third-order valence-corrected chi connectivity index (χ3v) is 16.9. The summed E-state index contributed by atoms with van der Waals surface area (Å²) in [6, 6.07) is -0.544. The Kier molecular flexibility index (Phi) is 68.4. The second-order valence-corrected chi connectivity index (χ2v) is 24.9. The van der Waals surface area contributed by atoms with Crippen LogP contribution in [0.15, 0.2) is 48.6 Å².